The first-order chi connectivity index (χ1) is 7.68. The van der Waals surface area contributed by atoms with Crippen molar-refractivity contribution in [2.75, 3.05) is 19.6 Å². The van der Waals surface area contributed by atoms with Crippen LogP contribution in [0.3, 0.4) is 0 Å². The molecule has 6 nitrogen and oxygen atoms in total. The molecule has 16 heavy (non-hydrogen) atoms. The summed E-state index contributed by atoms with van der Waals surface area (Å²) in [6, 6.07) is 1.74. The van der Waals surface area contributed by atoms with Crippen molar-refractivity contribution in [1.82, 2.24) is 20.0 Å². The van der Waals surface area contributed by atoms with Crippen molar-refractivity contribution in [3.63, 3.8) is 0 Å². The molecule has 1 aliphatic rings. The molecule has 1 aromatic rings. The van der Waals surface area contributed by atoms with Gasteiger partial charge >= 0.3 is 0 Å². The van der Waals surface area contributed by atoms with Crippen LogP contribution in [0.1, 0.15) is 5.69 Å². The van der Waals surface area contributed by atoms with E-state index in [1.165, 1.54) is 0 Å². The van der Waals surface area contributed by atoms with Crippen LogP contribution in [0.25, 0.3) is 0 Å². The van der Waals surface area contributed by atoms with Crippen LogP contribution in [-0.4, -0.2) is 46.3 Å². The zero-order chi connectivity index (χ0) is 11.5. The SMILES string of the molecule is Cn1nccc1CN1CCNCC1C(N)=O. The molecule has 88 valence electrons. The molecule has 6 heteroatoms. The van der Waals surface area contributed by atoms with Crippen LogP contribution >= 0.6 is 0 Å². The molecule has 1 atom stereocenters. The molecular formula is C10H17N5O. The number of nitrogens with one attached hydrogen (secondary N) is 1. The van der Waals surface area contributed by atoms with Gasteiger partial charge < -0.3 is 11.1 Å². The van der Waals surface area contributed by atoms with Gasteiger partial charge in [-0.2, -0.15) is 5.10 Å². The molecule has 1 amide bonds. The van der Waals surface area contributed by atoms with Gasteiger partial charge in [-0.1, -0.05) is 0 Å². The topological polar surface area (TPSA) is 76.2 Å². The summed E-state index contributed by atoms with van der Waals surface area (Å²) in [6.07, 6.45) is 1.76. The molecule has 0 spiro atoms. The van der Waals surface area contributed by atoms with E-state index in [0.29, 0.717) is 13.1 Å². The monoisotopic (exact) mass is 223 g/mol. The fraction of sp³-hybridized carbons (Fsp3) is 0.600. The smallest absolute Gasteiger partial charge is 0.236 e. The van der Waals surface area contributed by atoms with E-state index < -0.39 is 0 Å². The van der Waals surface area contributed by atoms with Crippen molar-refractivity contribution in [2.24, 2.45) is 12.8 Å². The van der Waals surface area contributed by atoms with Crippen LogP contribution in [0.15, 0.2) is 12.3 Å². The Balaban J connectivity index is 2.07. The minimum absolute atomic E-state index is 0.219. The first kappa shape index (κ1) is 11.1. The van der Waals surface area contributed by atoms with E-state index in [1.807, 2.05) is 17.8 Å². The third kappa shape index (κ3) is 2.23. The van der Waals surface area contributed by atoms with E-state index >= 15 is 0 Å². The fourth-order valence-corrected chi connectivity index (χ4v) is 1.98. The summed E-state index contributed by atoms with van der Waals surface area (Å²) in [7, 11) is 1.90. The minimum Gasteiger partial charge on any atom is -0.368 e. The van der Waals surface area contributed by atoms with Crippen molar-refractivity contribution >= 4 is 5.91 Å². The van der Waals surface area contributed by atoms with Crippen LogP contribution in [0.4, 0.5) is 0 Å². The summed E-state index contributed by atoms with van der Waals surface area (Å²) < 4.78 is 1.82. The average Bonchev–Trinajstić information content (AvgIpc) is 2.65. The van der Waals surface area contributed by atoms with Crippen LogP contribution in [0.5, 0.6) is 0 Å². The fourth-order valence-electron chi connectivity index (χ4n) is 1.98. The van der Waals surface area contributed by atoms with Crippen LogP contribution in [0.2, 0.25) is 0 Å². The van der Waals surface area contributed by atoms with E-state index in [4.69, 9.17) is 5.73 Å². The molecule has 0 bridgehead atoms. The lowest BCUT2D eigenvalue weighted by Crippen LogP contribution is -2.56. The van der Waals surface area contributed by atoms with Gasteiger partial charge in [-0.3, -0.25) is 14.4 Å². The predicted octanol–water partition coefficient (Wildman–Crippen LogP) is -1.32. The largest absolute Gasteiger partial charge is 0.368 e. The van der Waals surface area contributed by atoms with Gasteiger partial charge in [0.25, 0.3) is 0 Å². The lowest BCUT2D eigenvalue weighted by molar-refractivity contribution is -0.124. The summed E-state index contributed by atoms with van der Waals surface area (Å²) in [5, 5.41) is 7.29. The number of rotatable bonds is 3. The first-order valence-electron chi connectivity index (χ1n) is 5.39. The number of hydrogen-bond donors (Lipinski definition) is 2. The second-order valence-electron chi connectivity index (χ2n) is 4.04. The first-order valence-corrected chi connectivity index (χ1v) is 5.39. The van der Waals surface area contributed by atoms with E-state index in [-0.39, 0.29) is 11.9 Å². The van der Waals surface area contributed by atoms with Crippen molar-refractivity contribution in [2.45, 2.75) is 12.6 Å². The molecule has 0 saturated carbocycles. The highest BCUT2D eigenvalue weighted by atomic mass is 16.1. The van der Waals surface area contributed by atoms with Crippen molar-refractivity contribution in [1.29, 1.82) is 0 Å². The maximum Gasteiger partial charge on any atom is 0.236 e. The van der Waals surface area contributed by atoms with Crippen LogP contribution < -0.4 is 11.1 Å². The average molecular weight is 223 g/mol. The number of nitrogens with zero attached hydrogens (tertiary/aromatic N) is 3. The number of carbonyl (C=O) groups excluding carboxylic acids is 1. The summed E-state index contributed by atoms with van der Waals surface area (Å²) in [6.45, 7) is 3.07. The van der Waals surface area contributed by atoms with Gasteiger partial charge in [0.15, 0.2) is 0 Å². The van der Waals surface area contributed by atoms with Gasteiger partial charge in [-0.25, -0.2) is 0 Å². The van der Waals surface area contributed by atoms with Gasteiger partial charge in [0, 0.05) is 39.4 Å². The van der Waals surface area contributed by atoms with Crippen molar-refractivity contribution in [3.05, 3.63) is 18.0 Å². The Morgan fingerprint density at radius 3 is 3.19 bits per heavy atom. The molecule has 1 aromatic heterocycles. The zero-order valence-corrected chi connectivity index (χ0v) is 9.39. The normalized spacial score (nSPS) is 22.2. The van der Waals surface area contributed by atoms with Crippen LogP contribution in [-0.2, 0) is 18.4 Å². The Bertz CT molecular complexity index is 375. The van der Waals surface area contributed by atoms with E-state index in [2.05, 4.69) is 15.3 Å². The summed E-state index contributed by atoms with van der Waals surface area (Å²) >= 11 is 0. The Morgan fingerprint density at radius 2 is 2.56 bits per heavy atom. The molecule has 1 unspecified atom stereocenters. The second kappa shape index (κ2) is 4.63. The van der Waals surface area contributed by atoms with Gasteiger partial charge in [0.1, 0.15) is 6.04 Å². The number of carbonyl (C=O) groups is 1. The number of primary amides is 1. The van der Waals surface area contributed by atoms with E-state index in [0.717, 1.165) is 18.8 Å². The van der Waals surface area contributed by atoms with E-state index in [1.54, 1.807) is 6.20 Å². The lowest BCUT2D eigenvalue weighted by Gasteiger charge is -2.33. The Labute approximate surface area is 94.4 Å². The number of nitrogens with two attached hydrogens (primary N) is 1. The molecule has 1 fully saturated rings. The standard InChI is InChI=1S/C10H17N5O/c1-14-8(2-3-13-14)7-15-5-4-12-6-9(15)10(11)16/h2-3,9,12H,4-7H2,1H3,(H2,11,16). The molecule has 0 aliphatic carbocycles. The predicted molar refractivity (Wildman–Crippen MR) is 59.5 cm³/mol. The molecule has 1 aliphatic heterocycles. The number of amides is 1. The number of hydrogen-bond acceptors (Lipinski definition) is 4. The maximum absolute atomic E-state index is 11.3. The third-order valence-corrected chi connectivity index (χ3v) is 2.97. The molecule has 1 saturated heterocycles. The third-order valence-electron chi connectivity index (χ3n) is 2.97. The van der Waals surface area contributed by atoms with E-state index in [9.17, 15) is 4.79 Å². The van der Waals surface area contributed by atoms with Crippen LogP contribution in [0, 0.1) is 0 Å². The highest BCUT2D eigenvalue weighted by molar-refractivity contribution is 5.80. The number of aryl methyl sites for hydroxylation is 1. The summed E-state index contributed by atoms with van der Waals surface area (Å²) in [5.41, 5.74) is 6.47. The van der Waals surface area contributed by atoms with Gasteiger partial charge in [-0.15, -0.1) is 0 Å². The van der Waals surface area contributed by atoms with Gasteiger partial charge in [0.05, 0.1) is 5.69 Å². The molecular weight excluding hydrogens is 206 g/mol. The highest BCUT2D eigenvalue weighted by Gasteiger charge is 2.27. The summed E-state index contributed by atoms with van der Waals surface area (Å²) in [5.74, 6) is -0.269. The number of aromatic nitrogens is 2. The minimum atomic E-state index is -0.269. The molecule has 2 rings (SSSR count). The second-order valence-corrected chi connectivity index (χ2v) is 4.04. The molecule has 2 heterocycles. The van der Waals surface area contributed by atoms with Crippen molar-refractivity contribution < 1.29 is 4.79 Å². The quantitative estimate of drug-likeness (QED) is 0.666. The summed E-state index contributed by atoms with van der Waals surface area (Å²) in [4.78, 5) is 13.4. The number of piperazine rings is 1. The Hall–Kier alpha value is -1.40. The zero-order valence-electron chi connectivity index (χ0n) is 9.39. The lowest BCUT2D eigenvalue weighted by atomic mass is 10.1. The Kier molecular flexibility index (Phi) is 3.21. The molecule has 0 aromatic carbocycles. The van der Waals surface area contributed by atoms with Crippen molar-refractivity contribution in [3.8, 4) is 0 Å². The molecule has 3 N–H and O–H groups in total. The molecule has 0 radical (unpaired) electrons. The van der Waals surface area contributed by atoms with Gasteiger partial charge in [0.2, 0.25) is 5.91 Å². The Morgan fingerprint density at radius 1 is 1.75 bits per heavy atom. The highest BCUT2D eigenvalue weighted by Crippen LogP contribution is 2.09. The maximum atomic E-state index is 11.3. The van der Waals surface area contributed by atoms with Gasteiger partial charge in [-0.05, 0) is 6.07 Å².